The largest absolute Gasteiger partial charge is 0.497 e. The van der Waals surface area contributed by atoms with E-state index in [4.69, 9.17) is 28.6 Å². The Hall–Kier alpha value is -3.95. The predicted molar refractivity (Wildman–Crippen MR) is 140 cm³/mol. The zero-order valence-electron chi connectivity index (χ0n) is 19.3. The van der Waals surface area contributed by atoms with E-state index in [2.05, 4.69) is 10.7 Å². The lowest BCUT2D eigenvalue weighted by Gasteiger charge is -2.24. The van der Waals surface area contributed by atoms with Crippen molar-refractivity contribution in [2.75, 3.05) is 12.4 Å². The third kappa shape index (κ3) is 5.81. The predicted octanol–water partition coefficient (Wildman–Crippen LogP) is 4.02. The van der Waals surface area contributed by atoms with Crippen LogP contribution in [-0.4, -0.2) is 45.9 Å². The molecule has 1 atom stereocenters. The van der Waals surface area contributed by atoms with Gasteiger partial charge in [-0.2, -0.15) is 0 Å². The molecule has 10 heteroatoms. The monoisotopic (exact) mass is 522 g/mol. The van der Waals surface area contributed by atoms with Crippen LogP contribution in [0.3, 0.4) is 0 Å². The maximum Gasteiger partial charge on any atom is 0.269 e. The van der Waals surface area contributed by atoms with Crippen molar-refractivity contribution in [3.05, 3.63) is 95.0 Å². The smallest absolute Gasteiger partial charge is 0.269 e. The van der Waals surface area contributed by atoms with Crippen LogP contribution in [0.5, 0.6) is 5.75 Å². The van der Waals surface area contributed by atoms with Gasteiger partial charge in [0, 0.05) is 16.3 Å². The standard InChI is InChI=1S/C26H23ClN4O4S/c1-35-21-13-11-20(12-14-21)28-23(32)15-22-25(34)30(16-17-5-3-2-4-6-17)26(36)31(22)29-24(33)18-7-9-19(27)10-8-18/h2-14,22H,15-16H2,1H3,(H,28,32)(H,29,33). The van der Waals surface area contributed by atoms with Crippen LogP contribution in [0, 0.1) is 0 Å². The molecule has 1 saturated heterocycles. The van der Waals surface area contributed by atoms with E-state index in [1.165, 1.54) is 9.91 Å². The minimum absolute atomic E-state index is 0.105. The van der Waals surface area contributed by atoms with Gasteiger partial charge in [-0.25, -0.2) is 5.01 Å². The van der Waals surface area contributed by atoms with Gasteiger partial charge in [0.15, 0.2) is 5.11 Å². The molecule has 184 valence electrons. The van der Waals surface area contributed by atoms with Crippen molar-refractivity contribution in [3.8, 4) is 5.75 Å². The summed E-state index contributed by atoms with van der Waals surface area (Å²) in [6.07, 6.45) is -0.225. The van der Waals surface area contributed by atoms with Crippen LogP contribution in [0.25, 0.3) is 0 Å². The first-order valence-electron chi connectivity index (χ1n) is 11.0. The highest BCUT2D eigenvalue weighted by Gasteiger charge is 2.44. The molecule has 0 radical (unpaired) electrons. The SMILES string of the molecule is COc1ccc(NC(=O)CC2C(=O)N(Cc3ccccc3)C(=S)N2NC(=O)c2ccc(Cl)cc2)cc1. The van der Waals surface area contributed by atoms with Crippen molar-refractivity contribution in [1.82, 2.24) is 15.3 Å². The fourth-order valence-electron chi connectivity index (χ4n) is 3.70. The number of thiocarbonyl (C=S) groups is 1. The molecule has 4 rings (SSSR count). The highest BCUT2D eigenvalue weighted by Crippen LogP contribution is 2.23. The first-order chi connectivity index (χ1) is 17.4. The topological polar surface area (TPSA) is 91.0 Å². The zero-order valence-corrected chi connectivity index (χ0v) is 20.9. The summed E-state index contributed by atoms with van der Waals surface area (Å²) in [7, 11) is 1.55. The maximum atomic E-state index is 13.4. The maximum absolute atomic E-state index is 13.4. The van der Waals surface area contributed by atoms with Crippen LogP contribution in [0.4, 0.5) is 5.69 Å². The van der Waals surface area contributed by atoms with Gasteiger partial charge < -0.3 is 10.1 Å². The molecule has 1 fully saturated rings. The van der Waals surface area contributed by atoms with Crippen LogP contribution >= 0.6 is 23.8 Å². The first-order valence-corrected chi connectivity index (χ1v) is 11.8. The van der Waals surface area contributed by atoms with Crippen molar-refractivity contribution in [2.45, 2.75) is 19.0 Å². The zero-order chi connectivity index (χ0) is 25.7. The van der Waals surface area contributed by atoms with E-state index < -0.39 is 17.9 Å². The van der Waals surface area contributed by atoms with Gasteiger partial charge >= 0.3 is 0 Å². The number of methoxy groups -OCH3 is 1. The van der Waals surface area contributed by atoms with E-state index in [-0.39, 0.29) is 24.0 Å². The Balaban J connectivity index is 1.54. The van der Waals surface area contributed by atoms with Gasteiger partial charge in [-0.3, -0.25) is 24.7 Å². The number of carbonyl (C=O) groups excluding carboxylic acids is 3. The van der Waals surface area contributed by atoms with Gasteiger partial charge in [0.25, 0.3) is 11.8 Å². The Kier molecular flexibility index (Phi) is 7.82. The van der Waals surface area contributed by atoms with Crippen molar-refractivity contribution in [1.29, 1.82) is 0 Å². The Bertz CT molecular complexity index is 1270. The summed E-state index contributed by atoms with van der Waals surface area (Å²) in [5.74, 6) is -0.625. The molecule has 1 unspecified atom stereocenters. The van der Waals surface area contributed by atoms with Crippen LogP contribution in [0.15, 0.2) is 78.9 Å². The molecule has 0 aromatic heterocycles. The lowest BCUT2D eigenvalue weighted by atomic mass is 10.1. The summed E-state index contributed by atoms with van der Waals surface area (Å²) in [6, 6.07) is 21.4. The van der Waals surface area contributed by atoms with Gasteiger partial charge in [-0.15, -0.1) is 0 Å². The molecule has 1 aliphatic rings. The number of anilines is 1. The number of amides is 3. The Morgan fingerprint density at radius 1 is 1.00 bits per heavy atom. The molecule has 1 heterocycles. The average molecular weight is 523 g/mol. The second kappa shape index (κ2) is 11.2. The number of rotatable bonds is 8. The molecule has 3 aromatic rings. The Morgan fingerprint density at radius 2 is 1.67 bits per heavy atom. The number of hydrazine groups is 1. The van der Waals surface area contributed by atoms with E-state index in [1.54, 1.807) is 55.6 Å². The van der Waals surface area contributed by atoms with Gasteiger partial charge in [-0.05, 0) is 66.3 Å². The number of hydrogen-bond acceptors (Lipinski definition) is 5. The molecule has 0 spiro atoms. The van der Waals surface area contributed by atoms with E-state index in [1.807, 2.05) is 30.3 Å². The van der Waals surface area contributed by atoms with Crippen LogP contribution in [0.2, 0.25) is 5.02 Å². The van der Waals surface area contributed by atoms with Gasteiger partial charge in [0.1, 0.15) is 11.8 Å². The molecule has 1 aliphatic heterocycles. The number of nitrogens with zero attached hydrogens (tertiary/aromatic N) is 2. The van der Waals surface area contributed by atoms with Crippen LogP contribution in [0.1, 0.15) is 22.3 Å². The van der Waals surface area contributed by atoms with Crippen LogP contribution < -0.4 is 15.5 Å². The molecule has 0 saturated carbocycles. The molecule has 3 aromatic carbocycles. The van der Waals surface area contributed by atoms with E-state index in [0.717, 1.165) is 5.56 Å². The van der Waals surface area contributed by atoms with E-state index in [9.17, 15) is 14.4 Å². The number of nitrogens with one attached hydrogen (secondary N) is 2. The highest BCUT2D eigenvalue weighted by atomic mass is 35.5. The summed E-state index contributed by atoms with van der Waals surface area (Å²) >= 11 is 11.5. The normalized spacial score (nSPS) is 15.1. The molecule has 3 amide bonds. The quantitative estimate of drug-likeness (QED) is 0.434. The third-order valence-electron chi connectivity index (χ3n) is 5.56. The number of halogens is 1. The molecule has 8 nitrogen and oxygen atoms in total. The lowest BCUT2D eigenvalue weighted by Crippen LogP contribution is -2.49. The van der Waals surface area contributed by atoms with Crippen molar-refractivity contribution in [2.24, 2.45) is 0 Å². The van der Waals surface area contributed by atoms with Crippen molar-refractivity contribution < 1.29 is 19.1 Å². The highest BCUT2D eigenvalue weighted by molar-refractivity contribution is 7.80. The minimum Gasteiger partial charge on any atom is -0.497 e. The summed E-state index contributed by atoms with van der Waals surface area (Å²) in [5.41, 5.74) is 4.44. The number of ether oxygens (including phenoxy) is 1. The van der Waals surface area contributed by atoms with E-state index >= 15 is 0 Å². The number of carbonyl (C=O) groups is 3. The second-order valence-corrected chi connectivity index (χ2v) is 8.81. The summed E-state index contributed by atoms with van der Waals surface area (Å²) in [5, 5.41) is 4.64. The molecule has 0 bridgehead atoms. The number of benzene rings is 3. The molecular weight excluding hydrogens is 500 g/mol. The fraction of sp³-hybridized carbons (Fsp3) is 0.154. The molecule has 36 heavy (non-hydrogen) atoms. The summed E-state index contributed by atoms with van der Waals surface area (Å²) < 4.78 is 5.13. The van der Waals surface area contributed by atoms with Crippen molar-refractivity contribution in [3.63, 3.8) is 0 Å². The number of hydrogen-bond donors (Lipinski definition) is 2. The van der Waals surface area contributed by atoms with Gasteiger partial charge in [0.05, 0.1) is 20.1 Å². The summed E-state index contributed by atoms with van der Waals surface area (Å²) in [4.78, 5) is 40.6. The minimum atomic E-state index is -1.02. The fourth-order valence-corrected chi connectivity index (χ4v) is 4.15. The van der Waals surface area contributed by atoms with Gasteiger partial charge in [-0.1, -0.05) is 41.9 Å². The third-order valence-corrected chi connectivity index (χ3v) is 6.23. The second-order valence-electron chi connectivity index (χ2n) is 8.01. The molecular formula is C26H23ClN4O4S. The lowest BCUT2D eigenvalue weighted by molar-refractivity contribution is -0.131. The summed E-state index contributed by atoms with van der Waals surface area (Å²) in [6.45, 7) is 0.211. The van der Waals surface area contributed by atoms with E-state index in [0.29, 0.717) is 22.0 Å². The van der Waals surface area contributed by atoms with Crippen molar-refractivity contribution >= 4 is 52.3 Å². The van der Waals surface area contributed by atoms with Gasteiger partial charge in [0.2, 0.25) is 5.91 Å². The van der Waals surface area contributed by atoms with Crippen LogP contribution in [-0.2, 0) is 16.1 Å². The average Bonchev–Trinajstić information content (AvgIpc) is 3.09. The first kappa shape index (κ1) is 25.2. The Labute approximate surface area is 218 Å². The molecule has 0 aliphatic carbocycles. The Morgan fingerprint density at radius 3 is 2.31 bits per heavy atom. The molecule has 2 N–H and O–H groups in total.